The molecule has 1 N–H and O–H groups in total. The van der Waals surface area contributed by atoms with Crippen LogP contribution < -0.4 is 5.32 Å². The Bertz CT molecular complexity index is 602. The van der Waals surface area contributed by atoms with Crippen LogP contribution in [0.2, 0.25) is 5.02 Å². The number of benzene rings is 1. The summed E-state index contributed by atoms with van der Waals surface area (Å²) < 4.78 is 10.7. The van der Waals surface area contributed by atoms with Gasteiger partial charge in [0.25, 0.3) is 0 Å². The fraction of sp³-hybridized carbons (Fsp3) is 0.650. The fourth-order valence-electron chi connectivity index (χ4n) is 3.66. The van der Waals surface area contributed by atoms with Gasteiger partial charge in [0.05, 0.1) is 19.8 Å². The first-order chi connectivity index (χ1) is 12.7. The molecular formula is C20H30ClN3O2. The van der Waals surface area contributed by atoms with Crippen LogP contribution in [0.15, 0.2) is 29.3 Å². The number of hydrogen-bond acceptors (Lipinski definition) is 3. The zero-order valence-corrected chi connectivity index (χ0v) is 16.6. The standard InChI is InChI=1S/C20H30ClN3O2/c1-22-19(24-10-7-16(13-24)14-26-12-11-25-2)23-15-20(8-9-20)17-3-5-18(21)6-4-17/h3-6,16H,7-15H2,1-2H3,(H,22,23). The van der Waals surface area contributed by atoms with Crippen LogP contribution in [0.1, 0.15) is 24.8 Å². The Morgan fingerprint density at radius 1 is 1.31 bits per heavy atom. The van der Waals surface area contributed by atoms with E-state index in [-0.39, 0.29) is 5.41 Å². The summed E-state index contributed by atoms with van der Waals surface area (Å²) in [5.74, 6) is 1.57. The number of guanidine groups is 1. The molecule has 1 aromatic rings. The zero-order chi connectivity index (χ0) is 18.4. The molecular weight excluding hydrogens is 350 g/mol. The third kappa shape index (κ3) is 4.90. The Labute approximate surface area is 161 Å². The number of aliphatic imine (C=N–C) groups is 1. The van der Waals surface area contributed by atoms with Gasteiger partial charge in [-0.1, -0.05) is 23.7 Å². The van der Waals surface area contributed by atoms with Crippen molar-refractivity contribution in [1.29, 1.82) is 0 Å². The van der Waals surface area contributed by atoms with E-state index in [0.29, 0.717) is 19.1 Å². The third-order valence-corrected chi connectivity index (χ3v) is 5.73. The van der Waals surface area contributed by atoms with E-state index < -0.39 is 0 Å². The van der Waals surface area contributed by atoms with E-state index in [1.165, 1.54) is 18.4 Å². The predicted molar refractivity (Wildman–Crippen MR) is 106 cm³/mol. The topological polar surface area (TPSA) is 46.1 Å². The van der Waals surface area contributed by atoms with E-state index in [4.69, 9.17) is 21.1 Å². The van der Waals surface area contributed by atoms with Crippen LogP contribution in [0.3, 0.4) is 0 Å². The second-order valence-electron chi connectivity index (χ2n) is 7.36. The smallest absolute Gasteiger partial charge is 0.193 e. The van der Waals surface area contributed by atoms with Crippen molar-refractivity contribution in [2.75, 3.05) is 53.6 Å². The molecule has 2 fully saturated rings. The maximum absolute atomic E-state index is 6.03. The highest BCUT2D eigenvalue weighted by molar-refractivity contribution is 6.30. The molecule has 0 bridgehead atoms. The molecule has 0 aromatic heterocycles. The Kier molecular flexibility index (Phi) is 6.79. The molecule has 1 aliphatic carbocycles. The van der Waals surface area contributed by atoms with Crippen LogP contribution in [-0.4, -0.2) is 64.5 Å². The van der Waals surface area contributed by atoms with Crippen LogP contribution in [0.25, 0.3) is 0 Å². The Morgan fingerprint density at radius 3 is 2.73 bits per heavy atom. The SMILES string of the molecule is CN=C(NCC1(c2ccc(Cl)cc2)CC1)N1CCC(COCCOC)C1. The third-order valence-electron chi connectivity index (χ3n) is 5.48. The van der Waals surface area contributed by atoms with E-state index in [0.717, 1.165) is 43.6 Å². The average Bonchev–Trinajstić information content (AvgIpc) is 3.30. The van der Waals surface area contributed by atoms with Crippen molar-refractivity contribution in [3.8, 4) is 0 Å². The maximum Gasteiger partial charge on any atom is 0.193 e. The summed E-state index contributed by atoms with van der Waals surface area (Å²) in [4.78, 5) is 6.85. The molecule has 3 rings (SSSR count). The minimum absolute atomic E-state index is 0.239. The first-order valence-electron chi connectivity index (χ1n) is 9.45. The molecule has 0 amide bonds. The van der Waals surface area contributed by atoms with Gasteiger partial charge in [0, 0.05) is 50.1 Å². The summed E-state index contributed by atoms with van der Waals surface area (Å²) in [5.41, 5.74) is 1.61. The molecule has 0 spiro atoms. The van der Waals surface area contributed by atoms with Crippen molar-refractivity contribution in [1.82, 2.24) is 10.2 Å². The van der Waals surface area contributed by atoms with Crippen molar-refractivity contribution in [2.45, 2.75) is 24.7 Å². The lowest BCUT2D eigenvalue weighted by Crippen LogP contribution is -2.43. The molecule has 2 aliphatic rings. The Morgan fingerprint density at radius 2 is 2.08 bits per heavy atom. The average molecular weight is 380 g/mol. The Balaban J connectivity index is 1.47. The molecule has 1 atom stereocenters. The molecule has 1 saturated carbocycles. The molecule has 1 saturated heterocycles. The quantitative estimate of drug-likeness (QED) is 0.428. The van der Waals surface area contributed by atoms with E-state index in [2.05, 4.69) is 27.3 Å². The minimum Gasteiger partial charge on any atom is -0.382 e. The summed E-state index contributed by atoms with van der Waals surface area (Å²) in [6.45, 7) is 5.08. The lowest BCUT2D eigenvalue weighted by Gasteiger charge is -2.24. The van der Waals surface area contributed by atoms with Crippen molar-refractivity contribution in [3.63, 3.8) is 0 Å². The van der Waals surface area contributed by atoms with E-state index in [1.807, 2.05) is 19.2 Å². The second kappa shape index (κ2) is 9.07. The first kappa shape index (κ1) is 19.5. The molecule has 1 aliphatic heterocycles. The monoisotopic (exact) mass is 379 g/mol. The maximum atomic E-state index is 6.03. The highest BCUT2D eigenvalue weighted by atomic mass is 35.5. The van der Waals surface area contributed by atoms with Gasteiger partial charge in [-0.25, -0.2) is 0 Å². The summed E-state index contributed by atoms with van der Waals surface area (Å²) >= 11 is 6.03. The number of methoxy groups -OCH3 is 1. The van der Waals surface area contributed by atoms with Gasteiger partial charge in [0.15, 0.2) is 5.96 Å². The number of nitrogens with one attached hydrogen (secondary N) is 1. The van der Waals surface area contributed by atoms with E-state index in [9.17, 15) is 0 Å². The van der Waals surface area contributed by atoms with Gasteiger partial charge in [0.2, 0.25) is 0 Å². The second-order valence-corrected chi connectivity index (χ2v) is 7.79. The number of nitrogens with zero attached hydrogens (tertiary/aromatic N) is 2. The summed E-state index contributed by atoms with van der Waals surface area (Å²) in [7, 11) is 3.57. The van der Waals surface area contributed by atoms with Gasteiger partial charge < -0.3 is 19.7 Å². The molecule has 0 radical (unpaired) electrons. The largest absolute Gasteiger partial charge is 0.382 e. The van der Waals surface area contributed by atoms with Gasteiger partial charge in [-0.3, -0.25) is 4.99 Å². The number of halogens is 1. The highest BCUT2D eigenvalue weighted by Crippen LogP contribution is 2.47. The zero-order valence-electron chi connectivity index (χ0n) is 15.8. The normalized spacial score (nSPS) is 21.9. The molecule has 144 valence electrons. The highest BCUT2D eigenvalue weighted by Gasteiger charge is 2.44. The Hall–Kier alpha value is -1.30. The lowest BCUT2D eigenvalue weighted by molar-refractivity contribution is 0.0536. The fourth-order valence-corrected chi connectivity index (χ4v) is 3.78. The van der Waals surface area contributed by atoms with Crippen LogP contribution in [0, 0.1) is 5.92 Å². The van der Waals surface area contributed by atoms with Crippen LogP contribution >= 0.6 is 11.6 Å². The van der Waals surface area contributed by atoms with Crippen molar-refractivity contribution >= 4 is 17.6 Å². The summed E-state index contributed by atoms with van der Waals surface area (Å²) in [6, 6.07) is 8.28. The van der Waals surface area contributed by atoms with Gasteiger partial charge in [-0.15, -0.1) is 0 Å². The van der Waals surface area contributed by atoms with Gasteiger partial charge in [-0.05, 0) is 37.0 Å². The van der Waals surface area contributed by atoms with Gasteiger partial charge in [-0.2, -0.15) is 0 Å². The molecule has 6 heteroatoms. The number of rotatable bonds is 8. The summed E-state index contributed by atoms with van der Waals surface area (Å²) in [6.07, 6.45) is 3.58. The van der Waals surface area contributed by atoms with E-state index in [1.54, 1.807) is 7.11 Å². The number of ether oxygens (including phenoxy) is 2. The van der Waals surface area contributed by atoms with Crippen molar-refractivity contribution < 1.29 is 9.47 Å². The van der Waals surface area contributed by atoms with Gasteiger partial charge in [0.1, 0.15) is 0 Å². The molecule has 1 aromatic carbocycles. The molecule has 5 nitrogen and oxygen atoms in total. The lowest BCUT2D eigenvalue weighted by atomic mass is 9.96. The van der Waals surface area contributed by atoms with Crippen LogP contribution in [0.5, 0.6) is 0 Å². The molecule has 26 heavy (non-hydrogen) atoms. The van der Waals surface area contributed by atoms with Gasteiger partial charge >= 0.3 is 0 Å². The molecule has 1 heterocycles. The van der Waals surface area contributed by atoms with Crippen LogP contribution in [0.4, 0.5) is 0 Å². The predicted octanol–water partition coefficient (Wildman–Crippen LogP) is 2.93. The molecule has 1 unspecified atom stereocenters. The van der Waals surface area contributed by atoms with E-state index >= 15 is 0 Å². The van der Waals surface area contributed by atoms with Crippen molar-refractivity contribution in [3.05, 3.63) is 34.9 Å². The number of likely N-dealkylation sites (tertiary alicyclic amines) is 1. The number of hydrogen-bond donors (Lipinski definition) is 1. The first-order valence-corrected chi connectivity index (χ1v) is 9.83. The van der Waals surface area contributed by atoms with Crippen molar-refractivity contribution in [2.24, 2.45) is 10.9 Å². The summed E-state index contributed by atoms with van der Waals surface area (Å²) in [5, 5.41) is 4.40. The minimum atomic E-state index is 0.239. The van der Waals surface area contributed by atoms with Crippen LogP contribution in [-0.2, 0) is 14.9 Å².